The number of likely N-dealkylation sites (tertiary alicyclic amines) is 1. The lowest BCUT2D eigenvalue weighted by molar-refractivity contribution is -0.137. The molecule has 1 aliphatic carbocycles. The van der Waals surface area contributed by atoms with E-state index in [4.69, 9.17) is 4.74 Å². The van der Waals surface area contributed by atoms with Crippen molar-refractivity contribution < 1.29 is 9.53 Å². The molecule has 24 heavy (non-hydrogen) atoms. The number of aryl methyl sites for hydroxylation is 1. The number of piperidine rings is 1. The second kappa shape index (κ2) is 6.59. The van der Waals surface area contributed by atoms with E-state index in [9.17, 15) is 4.79 Å². The first-order valence-corrected chi connectivity index (χ1v) is 8.53. The molecule has 1 aliphatic heterocycles. The van der Waals surface area contributed by atoms with E-state index in [0.29, 0.717) is 6.01 Å². The van der Waals surface area contributed by atoms with Gasteiger partial charge in [0.2, 0.25) is 5.91 Å². The number of amides is 1. The molecule has 1 amide bonds. The Morgan fingerprint density at radius 1 is 1.17 bits per heavy atom. The Labute approximate surface area is 140 Å². The topological polar surface area (TPSA) is 84.0 Å². The van der Waals surface area contributed by atoms with Crippen molar-refractivity contribution in [1.82, 2.24) is 24.8 Å². The zero-order valence-electron chi connectivity index (χ0n) is 13.5. The molecule has 7 heteroatoms. The first-order valence-electron chi connectivity index (χ1n) is 8.53. The van der Waals surface area contributed by atoms with Gasteiger partial charge >= 0.3 is 6.01 Å². The van der Waals surface area contributed by atoms with Gasteiger partial charge < -0.3 is 14.6 Å². The maximum Gasteiger partial charge on any atom is 0.316 e. The predicted octanol–water partition coefficient (Wildman–Crippen LogP) is 1.37. The van der Waals surface area contributed by atoms with E-state index < -0.39 is 0 Å². The van der Waals surface area contributed by atoms with Gasteiger partial charge in [0.1, 0.15) is 6.10 Å². The van der Waals surface area contributed by atoms with E-state index in [1.807, 2.05) is 4.90 Å². The summed E-state index contributed by atoms with van der Waals surface area (Å²) in [6.07, 6.45) is 9.38. The Balaban J connectivity index is 1.30. The second-order valence-electron chi connectivity index (χ2n) is 6.44. The van der Waals surface area contributed by atoms with E-state index in [0.717, 1.165) is 56.6 Å². The molecule has 1 saturated heterocycles. The van der Waals surface area contributed by atoms with Crippen LogP contribution in [0.1, 0.15) is 30.7 Å². The Morgan fingerprint density at radius 3 is 2.75 bits per heavy atom. The maximum absolute atomic E-state index is 12.8. The third-order valence-corrected chi connectivity index (χ3v) is 4.90. The molecule has 2 aromatic rings. The molecule has 2 aromatic heterocycles. The number of imidazole rings is 1. The first kappa shape index (κ1) is 15.1. The van der Waals surface area contributed by atoms with Crippen LogP contribution in [0.5, 0.6) is 6.01 Å². The number of nitrogens with zero attached hydrogens (tertiary/aromatic N) is 4. The molecule has 126 valence electrons. The fourth-order valence-electron chi connectivity index (χ4n) is 3.56. The summed E-state index contributed by atoms with van der Waals surface area (Å²) < 4.78 is 5.79. The number of carbonyl (C=O) groups is 1. The van der Waals surface area contributed by atoms with Crippen LogP contribution in [-0.2, 0) is 17.6 Å². The maximum atomic E-state index is 12.8. The minimum absolute atomic E-state index is 0.0767. The summed E-state index contributed by atoms with van der Waals surface area (Å²) in [5.41, 5.74) is 2.24. The third kappa shape index (κ3) is 3.11. The van der Waals surface area contributed by atoms with Crippen molar-refractivity contribution in [1.29, 1.82) is 0 Å². The quantitative estimate of drug-likeness (QED) is 0.920. The summed E-state index contributed by atoms with van der Waals surface area (Å²) in [5.74, 6) is 0.345. The number of fused-ring (bicyclic) bond motifs is 1. The largest absolute Gasteiger partial charge is 0.460 e. The van der Waals surface area contributed by atoms with Gasteiger partial charge in [-0.15, -0.1) is 0 Å². The minimum Gasteiger partial charge on any atom is -0.460 e. The van der Waals surface area contributed by atoms with E-state index in [1.54, 1.807) is 24.8 Å². The van der Waals surface area contributed by atoms with Gasteiger partial charge in [-0.05, 0) is 18.9 Å². The zero-order chi connectivity index (χ0) is 16.4. The monoisotopic (exact) mass is 327 g/mol. The second-order valence-corrected chi connectivity index (χ2v) is 6.44. The summed E-state index contributed by atoms with van der Waals surface area (Å²) >= 11 is 0. The number of ether oxygens (including phenoxy) is 1. The highest BCUT2D eigenvalue weighted by molar-refractivity contribution is 5.79. The van der Waals surface area contributed by atoms with Crippen molar-refractivity contribution >= 4 is 5.91 Å². The van der Waals surface area contributed by atoms with Gasteiger partial charge in [-0.3, -0.25) is 4.79 Å². The van der Waals surface area contributed by atoms with Gasteiger partial charge in [0.05, 0.1) is 12.0 Å². The van der Waals surface area contributed by atoms with Gasteiger partial charge in [0.15, 0.2) is 0 Å². The predicted molar refractivity (Wildman–Crippen MR) is 86.4 cm³/mol. The van der Waals surface area contributed by atoms with Crippen molar-refractivity contribution in [2.75, 3.05) is 13.1 Å². The molecule has 2 aliphatic rings. The lowest BCUT2D eigenvalue weighted by atomic mass is 9.88. The normalized spacial score (nSPS) is 21.3. The van der Waals surface area contributed by atoms with Crippen molar-refractivity contribution in [2.24, 2.45) is 5.92 Å². The highest BCUT2D eigenvalue weighted by Gasteiger charge is 2.32. The number of carbonyl (C=O) groups excluding carboxylic acids is 1. The number of nitrogens with one attached hydrogen (secondary N) is 1. The van der Waals surface area contributed by atoms with Crippen LogP contribution in [0.2, 0.25) is 0 Å². The molecular weight excluding hydrogens is 306 g/mol. The summed E-state index contributed by atoms with van der Waals surface area (Å²) in [6.45, 7) is 1.48. The highest BCUT2D eigenvalue weighted by atomic mass is 16.5. The van der Waals surface area contributed by atoms with Crippen molar-refractivity contribution in [3.05, 3.63) is 36.2 Å². The molecule has 1 atom stereocenters. The molecular formula is C17H21N5O2. The van der Waals surface area contributed by atoms with E-state index in [-0.39, 0.29) is 17.9 Å². The van der Waals surface area contributed by atoms with Crippen LogP contribution in [0.25, 0.3) is 0 Å². The molecule has 0 unspecified atom stereocenters. The summed E-state index contributed by atoms with van der Waals surface area (Å²) in [6, 6.07) is 2.19. The lowest BCUT2D eigenvalue weighted by Crippen LogP contribution is -2.45. The SMILES string of the molecule is O=C([C@H]1CCc2nc[nH]c2C1)N1CCC(Oc2ncccn2)CC1. The number of hydrogen-bond donors (Lipinski definition) is 1. The smallest absolute Gasteiger partial charge is 0.316 e. The summed E-state index contributed by atoms with van der Waals surface area (Å²) in [4.78, 5) is 30.4. The van der Waals surface area contributed by atoms with E-state index >= 15 is 0 Å². The van der Waals surface area contributed by atoms with Gasteiger partial charge in [-0.25, -0.2) is 15.0 Å². The molecule has 1 fully saturated rings. The minimum atomic E-state index is 0.0767. The average Bonchev–Trinajstić information content (AvgIpc) is 3.10. The molecule has 4 rings (SSSR count). The first-order chi connectivity index (χ1) is 11.8. The lowest BCUT2D eigenvalue weighted by Gasteiger charge is -2.34. The van der Waals surface area contributed by atoms with Gasteiger partial charge in [-0.1, -0.05) is 0 Å². The fourth-order valence-corrected chi connectivity index (χ4v) is 3.56. The van der Waals surface area contributed by atoms with Gasteiger partial charge in [0, 0.05) is 56.4 Å². The number of hydrogen-bond acceptors (Lipinski definition) is 5. The van der Waals surface area contributed by atoms with Crippen molar-refractivity contribution in [2.45, 2.75) is 38.2 Å². The number of H-pyrrole nitrogens is 1. The van der Waals surface area contributed by atoms with Crippen LogP contribution in [-0.4, -0.2) is 49.9 Å². The molecule has 7 nitrogen and oxygen atoms in total. The average molecular weight is 327 g/mol. The number of aromatic nitrogens is 4. The van der Waals surface area contributed by atoms with Crippen LogP contribution in [0.3, 0.4) is 0 Å². The Morgan fingerprint density at radius 2 is 1.96 bits per heavy atom. The molecule has 0 saturated carbocycles. The third-order valence-electron chi connectivity index (χ3n) is 4.90. The molecule has 0 radical (unpaired) electrons. The van der Waals surface area contributed by atoms with Crippen molar-refractivity contribution in [3.63, 3.8) is 0 Å². The van der Waals surface area contributed by atoms with Crippen LogP contribution < -0.4 is 4.74 Å². The number of rotatable bonds is 3. The molecule has 3 heterocycles. The fraction of sp³-hybridized carbons (Fsp3) is 0.529. The van der Waals surface area contributed by atoms with Crippen LogP contribution in [0, 0.1) is 5.92 Å². The van der Waals surface area contributed by atoms with Gasteiger partial charge in [0.25, 0.3) is 0 Å². The van der Waals surface area contributed by atoms with Gasteiger partial charge in [-0.2, -0.15) is 0 Å². The van der Waals surface area contributed by atoms with E-state index in [2.05, 4.69) is 19.9 Å². The van der Waals surface area contributed by atoms with Crippen molar-refractivity contribution in [3.8, 4) is 6.01 Å². The standard InChI is InChI=1S/C17H21N5O2/c23-16(12-2-3-14-15(10-12)21-11-20-14)22-8-4-13(5-9-22)24-17-18-6-1-7-19-17/h1,6-7,11-13H,2-5,8-10H2,(H,20,21)/t12-/m0/s1. The molecule has 1 N–H and O–H groups in total. The summed E-state index contributed by atoms with van der Waals surface area (Å²) in [5, 5.41) is 0. The number of aromatic amines is 1. The van der Waals surface area contributed by atoms with E-state index in [1.165, 1.54) is 0 Å². The summed E-state index contributed by atoms with van der Waals surface area (Å²) in [7, 11) is 0. The Kier molecular flexibility index (Phi) is 4.15. The molecule has 0 bridgehead atoms. The Hall–Kier alpha value is -2.44. The van der Waals surface area contributed by atoms with Crippen LogP contribution >= 0.6 is 0 Å². The Bertz CT molecular complexity index is 694. The molecule has 0 aromatic carbocycles. The highest BCUT2D eigenvalue weighted by Crippen LogP contribution is 2.26. The van der Waals surface area contributed by atoms with Crippen LogP contribution in [0.15, 0.2) is 24.8 Å². The zero-order valence-corrected chi connectivity index (χ0v) is 13.5. The van der Waals surface area contributed by atoms with Crippen LogP contribution in [0.4, 0.5) is 0 Å². The molecule has 0 spiro atoms.